The van der Waals surface area contributed by atoms with Crippen molar-refractivity contribution < 1.29 is 0 Å². The van der Waals surface area contributed by atoms with Gasteiger partial charge in [-0.05, 0) is 0 Å². The number of rotatable bonds is 5. The molecule has 8 nitrogen and oxygen atoms in total. The van der Waals surface area contributed by atoms with Crippen molar-refractivity contribution in [1.82, 2.24) is 30.0 Å². The second kappa shape index (κ2) is 9.01. The highest BCUT2D eigenvalue weighted by molar-refractivity contribution is 14.0. The molecule has 0 aromatic carbocycles. The molecule has 2 aromatic heterocycles. The molecule has 0 bridgehead atoms. The van der Waals surface area contributed by atoms with Crippen LogP contribution in [0.25, 0.3) is 0 Å². The van der Waals surface area contributed by atoms with E-state index in [4.69, 9.17) is 0 Å². The number of hydrogen-bond donors (Lipinski definition) is 1. The van der Waals surface area contributed by atoms with Gasteiger partial charge in [0.25, 0.3) is 0 Å². The number of guanidine groups is 1. The van der Waals surface area contributed by atoms with Crippen molar-refractivity contribution in [3.05, 3.63) is 23.2 Å². The molecule has 2 aromatic rings. The van der Waals surface area contributed by atoms with Crippen molar-refractivity contribution in [2.75, 3.05) is 33.1 Å². The average molecular weight is 450 g/mol. The first-order valence-electron chi connectivity index (χ1n) is 6.87. The Morgan fingerprint density at radius 1 is 1.39 bits per heavy atom. The number of nitrogens with one attached hydrogen (secondary N) is 1. The fourth-order valence-corrected chi connectivity index (χ4v) is 2.65. The van der Waals surface area contributed by atoms with Gasteiger partial charge in [0, 0.05) is 40.6 Å². The number of hydrogen-bond acceptors (Lipinski definition) is 6. The van der Waals surface area contributed by atoms with E-state index in [1.165, 1.54) is 0 Å². The van der Waals surface area contributed by atoms with E-state index in [1.807, 2.05) is 38.0 Å². The van der Waals surface area contributed by atoms with Crippen molar-refractivity contribution >= 4 is 46.4 Å². The Morgan fingerprint density at radius 3 is 2.65 bits per heavy atom. The molecule has 10 heteroatoms. The molecule has 128 valence electrons. The lowest BCUT2D eigenvalue weighted by atomic mass is 10.4. The summed E-state index contributed by atoms with van der Waals surface area (Å²) in [5.74, 6) is 1.68. The molecule has 0 spiro atoms. The molecular weight excluding hydrogens is 427 g/mol. The van der Waals surface area contributed by atoms with E-state index in [1.54, 1.807) is 29.4 Å². The van der Waals surface area contributed by atoms with Gasteiger partial charge in [-0.15, -0.1) is 35.3 Å². The Labute approximate surface area is 157 Å². The highest BCUT2D eigenvalue weighted by Gasteiger charge is 2.11. The van der Waals surface area contributed by atoms with E-state index < -0.39 is 0 Å². The second-order valence-corrected chi connectivity index (χ2v) is 5.91. The molecule has 0 aliphatic heterocycles. The molecule has 0 aliphatic carbocycles. The van der Waals surface area contributed by atoms with Crippen LogP contribution in [0.1, 0.15) is 11.5 Å². The minimum atomic E-state index is 0. The summed E-state index contributed by atoms with van der Waals surface area (Å²) in [5, 5.41) is 10.4. The molecule has 0 fully saturated rings. The van der Waals surface area contributed by atoms with Crippen LogP contribution in [0.3, 0.4) is 0 Å². The number of anilines is 1. The number of thiazole rings is 1. The van der Waals surface area contributed by atoms with Gasteiger partial charge >= 0.3 is 0 Å². The molecule has 0 radical (unpaired) electrons. The van der Waals surface area contributed by atoms with Crippen LogP contribution in [0.15, 0.2) is 16.7 Å². The number of aliphatic imine (C=N–C) groups is 1. The molecule has 0 saturated carbocycles. The lowest BCUT2D eigenvalue weighted by molar-refractivity contribution is 0.448. The first kappa shape index (κ1) is 19.6. The number of aromatic nitrogens is 4. The maximum Gasteiger partial charge on any atom is 0.194 e. The Bertz CT molecular complexity index is 635. The highest BCUT2D eigenvalue weighted by atomic mass is 127. The predicted octanol–water partition coefficient (Wildman–Crippen LogP) is 1.16. The van der Waals surface area contributed by atoms with Crippen molar-refractivity contribution in [3.63, 3.8) is 0 Å². The van der Waals surface area contributed by atoms with Crippen LogP contribution in [0.4, 0.5) is 5.13 Å². The molecule has 23 heavy (non-hydrogen) atoms. The van der Waals surface area contributed by atoms with Gasteiger partial charge in [-0.1, -0.05) is 0 Å². The zero-order valence-electron chi connectivity index (χ0n) is 14.0. The second-order valence-electron chi connectivity index (χ2n) is 5.07. The number of aryl methyl sites for hydroxylation is 1. The normalized spacial score (nSPS) is 11.1. The van der Waals surface area contributed by atoms with Crippen LogP contribution in [0, 0.1) is 0 Å². The molecule has 0 amide bonds. The molecule has 2 rings (SSSR count). The highest BCUT2D eigenvalue weighted by Crippen LogP contribution is 2.17. The Balaban J connectivity index is 0.00000264. The van der Waals surface area contributed by atoms with E-state index in [0.717, 1.165) is 22.6 Å². The van der Waals surface area contributed by atoms with E-state index in [-0.39, 0.29) is 24.0 Å². The van der Waals surface area contributed by atoms with E-state index in [0.29, 0.717) is 13.1 Å². The van der Waals surface area contributed by atoms with Crippen molar-refractivity contribution in [3.8, 4) is 0 Å². The van der Waals surface area contributed by atoms with Crippen LogP contribution in [0.5, 0.6) is 0 Å². The summed E-state index contributed by atoms with van der Waals surface area (Å²) in [7, 11) is 9.59. The SMILES string of the molecule is CN=C(NCc1csc(N(C)C)n1)N(C)Cc1ncnn1C.I. The Kier molecular flexibility index (Phi) is 7.68. The van der Waals surface area contributed by atoms with E-state index in [2.05, 4.69) is 30.8 Å². The van der Waals surface area contributed by atoms with Crippen LogP contribution < -0.4 is 10.2 Å². The zero-order chi connectivity index (χ0) is 16.1. The van der Waals surface area contributed by atoms with Crippen LogP contribution >= 0.6 is 35.3 Å². The van der Waals surface area contributed by atoms with Gasteiger partial charge in [0.2, 0.25) is 0 Å². The van der Waals surface area contributed by atoms with Gasteiger partial charge in [-0.3, -0.25) is 9.67 Å². The molecular formula is C13H23IN8S. The van der Waals surface area contributed by atoms with Crippen molar-refractivity contribution in [2.45, 2.75) is 13.1 Å². The summed E-state index contributed by atoms with van der Waals surface area (Å²) in [5.41, 5.74) is 1.00. The molecule has 0 unspecified atom stereocenters. The quantitative estimate of drug-likeness (QED) is 0.419. The summed E-state index contributed by atoms with van der Waals surface area (Å²) in [6, 6.07) is 0. The monoisotopic (exact) mass is 450 g/mol. The first-order chi connectivity index (χ1) is 10.5. The number of halogens is 1. The Hall–Kier alpha value is -1.43. The summed E-state index contributed by atoms with van der Waals surface area (Å²) in [6.45, 7) is 1.27. The van der Waals surface area contributed by atoms with Crippen molar-refractivity contribution in [2.24, 2.45) is 12.0 Å². The minimum absolute atomic E-state index is 0. The van der Waals surface area contributed by atoms with Gasteiger partial charge in [-0.25, -0.2) is 9.97 Å². The van der Waals surface area contributed by atoms with Crippen LogP contribution in [0.2, 0.25) is 0 Å². The topological polar surface area (TPSA) is 74.5 Å². The smallest absolute Gasteiger partial charge is 0.194 e. The maximum atomic E-state index is 4.55. The zero-order valence-corrected chi connectivity index (χ0v) is 17.2. The average Bonchev–Trinajstić information content (AvgIpc) is 3.10. The van der Waals surface area contributed by atoms with Gasteiger partial charge in [0.05, 0.1) is 18.8 Å². The third kappa shape index (κ3) is 5.30. The standard InChI is InChI=1S/C13H22N8S.HI/c1-14-12(20(4)7-11-16-9-17-21(11)5)15-6-10-8-22-13(18-10)19(2)3;/h8-9H,6-7H2,1-5H3,(H,14,15);1H. The third-order valence-corrected chi connectivity index (χ3v) is 4.16. The maximum absolute atomic E-state index is 4.55. The third-order valence-electron chi connectivity index (χ3n) is 3.11. The van der Waals surface area contributed by atoms with E-state index >= 15 is 0 Å². The molecule has 0 saturated heterocycles. The molecule has 0 aliphatic rings. The fraction of sp³-hybridized carbons (Fsp3) is 0.538. The van der Waals surface area contributed by atoms with Crippen molar-refractivity contribution in [1.29, 1.82) is 0 Å². The largest absolute Gasteiger partial charge is 0.354 e. The predicted molar refractivity (Wildman–Crippen MR) is 105 cm³/mol. The van der Waals surface area contributed by atoms with Crippen LogP contribution in [-0.4, -0.2) is 58.8 Å². The summed E-state index contributed by atoms with van der Waals surface area (Å²) in [6.07, 6.45) is 1.55. The molecule has 0 atom stereocenters. The van der Waals surface area contributed by atoms with E-state index in [9.17, 15) is 0 Å². The minimum Gasteiger partial charge on any atom is -0.354 e. The lowest BCUT2D eigenvalue weighted by Crippen LogP contribution is -2.38. The lowest BCUT2D eigenvalue weighted by Gasteiger charge is -2.21. The summed E-state index contributed by atoms with van der Waals surface area (Å²) >= 11 is 1.63. The van der Waals surface area contributed by atoms with Gasteiger partial charge in [0.15, 0.2) is 11.1 Å². The van der Waals surface area contributed by atoms with Crippen LogP contribution in [-0.2, 0) is 20.1 Å². The number of nitrogens with zero attached hydrogens (tertiary/aromatic N) is 7. The fourth-order valence-electron chi connectivity index (χ4n) is 1.89. The Morgan fingerprint density at radius 2 is 2.13 bits per heavy atom. The summed E-state index contributed by atoms with van der Waals surface area (Å²) in [4.78, 5) is 17.1. The molecule has 2 heterocycles. The molecule has 1 N–H and O–H groups in total. The van der Waals surface area contributed by atoms with Gasteiger partial charge in [-0.2, -0.15) is 5.10 Å². The van der Waals surface area contributed by atoms with Gasteiger partial charge in [0.1, 0.15) is 12.2 Å². The first-order valence-corrected chi connectivity index (χ1v) is 7.75. The summed E-state index contributed by atoms with van der Waals surface area (Å²) < 4.78 is 1.76. The van der Waals surface area contributed by atoms with Gasteiger partial charge < -0.3 is 15.1 Å².